The van der Waals surface area contributed by atoms with Crippen molar-refractivity contribution in [3.63, 3.8) is 0 Å². The van der Waals surface area contributed by atoms with Crippen molar-refractivity contribution in [2.45, 2.75) is 12.8 Å². The van der Waals surface area contributed by atoms with E-state index < -0.39 is 0 Å². The summed E-state index contributed by atoms with van der Waals surface area (Å²) in [6, 6.07) is 13.1. The van der Waals surface area contributed by atoms with Crippen molar-refractivity contribution in [1.29, 1.82) is 0 Å². The number of hydrogen-bond acceptors (Lipinski definition) is 0. The van der Waals surface area contributed by atoms with Crippen LogP contribution < -0.4 is 0 Å². The zero-order chi connectivity index (χ0) is 14.5. The van der Waals surface area contributed by atoms with Crippen LogP contribution in [-0.2, 0) is 12.8 Å². The second kappa shape index (κ2) is 7.58. The zero-order valence-electron chi connectivity index (χ0n) is 10.8. The molecule has 0 saturated carbocycles. The van der Waals surface area contributed by atoms with Crippen molar-refractivity contribution >= 4 is 43.5 Å². The summed E-state index contributed by atoms with van der Waals surface area (Å²) in [4.78, 5) is 0. The van der Waals surface area contributed by atoms with E-state index in [1.54, 1.807) is 0 Å². The molecule has 0 bridgehead atoms. The van der Waals surface area contributed by atoms with E-state index in [1.165, 1.54) is 17.7 Å². The zero-order valence-corrected chi connectivity index (χ0v) is 14.7. The highest BCUT2D eigenvalue weighted by molar-refractivity contribution is 9.10. The van der Waals surface area contributed by atoms with Gasteiger partial charge in [-0.05, 0) is 54.2 Å². The predicted octanol–water partition coefficient (Wildman–Crippen LogP) is 5.99. The molecule has 106 valence electrons. The van der Waals surface area contributed by atoms with Gasteiger partial charge in [0.1, 0.15) is 5.82 Å². The molecule has 2 aromatic carbocycles. The molecular formula is C16H14Br2ClF. The summed E-state index contributed by atoms with van der Waals surface area (Å²) in [5, 5.41) is 0. The molecule has 0 saturated heterocycles. The summed E-state index contributed by atoms with van der Waals surface area (Å²) in [7, 11) is 0. The van der Waals surface area contributed by atoms with Gasteiger partial charge in [0, 0.05) is 14.8 Å². The van der Waals surface area contributed by atoms with Crippen LogP contribution in [0.4, 0.5) is 4.39 Å². The topological polar surface area (TPSA) is 0 Å². The summed E-state index contributed by atoms with van der Waals surface area (Å²) < 4.78 is 15.0. The molecule has 2 aromatic rings. The van der Waals surface area contributed by atoms with Crippen LogP contribution >= 0.6 is 43.5 Å². The molecule has 0 amide bonds. The maximum absolute atomic E-state index is 13.1. The van der Waals surface area contributed by atoms with E-state index in [0.717, 1.165) is 27.4 Å². The Morgan fingerprint density at radius 2 is 1.85 bits per heavy atom. The van der Waals surface area contributed by atoms with Crippen LogP contribution in [0, 0.1) is 11.7 Å². The van der Waals surface area contributed by atoms with E-state index in [-0.39, 0.29) is 5.82 Å². The molecule has 4 heteroatoms. The van der Waals surface area contributed by atoms with Crippen LogP contribution in [0.5, 0.6) is 0 Å². The summed E-state index contributed by atoms with van der Waals surface area (Å²) >= 11 is 13.0. The van der Waals surface area contributed by atoms with Crippen molar-refractivity contribution in [2.24, 2.45) is 5.92 Å². The summed E-state index contributed by atoms with van der Waals surface area (Å²) in [5.74, 6) is 0.679. The lowest BCUT2D eigenvalue weighted by Gasteiger charge is -2.15. The second-order valence-corrected chi connectivity index (χ2v) is 6.87. The average Bonchev–Trinajstić information content (AvgIpc) is 2.41. The Balaban J connectivity index is 2.09. The highest BCUT2D eigenvalue weighted by Gasteiger charge is 2.12. The number of rotatable bonds is 5. The largest absolute Gasteiger partial charge is 0.207 e. The first kappa shape index (κ1) is 16.0. The molecule has 2 rings (SSSR count). The Kier molecular flexibility index (Phi) is 6.06. The Morgan fingerprint density at radius 1 is 1.05 bits per heavy atom. The van der Waals surface area contributed by atoms with Crippen molar-refractivity contribution in [3.05, 3.63) is 68.4 Å². The number of hydrogen-bond donors (Lipinski definition) is 0. The molecule has 20 heavy (non-hydrogen) atoms. The Morgan fingerprint density at radius 3 is 2.50 bits per heavy atom. The van der Waals surface area contributed by atoms with Gasteiger partial charge >= 0.3 is 0 Å². The molecule has 0 heterocycles. The van der Waals surface area contributed by atoms with Gasteiger partial charge in [0.15, 0.2) is 0 Å². The van der Waals surface area contributed by atoms with Gasteiger partial charge in [-0.3, -0.25) is 0 Å². The molecule has 1 atom stereocenters. The minimum atomic E-state index is -0.227. The van der Waals surface area contributed by atoms with E-state index in [1.807, 2.05) is 18.2 Å². The third-order valence-corrected chi connectivity index (χ3v) is 4.82. The van der Waals surface area contributed by atoms with Crippen molar-refractivity contribution in [1.82, 2.24) is 0 Å². The van der Waals surface area contributed by atoms with Crippen LogP contribution in [0.25, 0.3) is 0 Å². The monoisotopic (exact) mass is 418 g/mol. The van der Waals surface area contributed by atoms with Gasteiger partial charge in [0.05, 0.1) is 0 Å². The van der Waals surface area contributed by atoms with Crippen LogP contribution in [0.15, 0.2) is 51.4 Å². The fraction of sp³-hybridized carbons (Fsp3) is 0.250. The number of alkyl halides is 1. The Hall–Kier alpha value is -0.380. The van der Waals surface area contributed by atoms with E-state index in [4.69, 9.17) is 11.6 Å². The van der Waals surface area contributed by atoms with Crippen molar-refractivity contribution in [3.8, 4) is 0 Å². The number of benzene rings is 2. The van der Waals surface area contributed by atoms with Gasteiger partial charge in [-0.15, -0.1) is 11.6 Å². The molecule has 0 aromatic heterocycles. The SMILES string of the molecule is Fc1ccc(CC(CCl)Cc2cccc(Br)c2)c(Br)c1. The van der Waals surface area contributed by atoms with E-state index in [9.17, 15) is 4.39 Å². The van der Waals surface area contributed by atoms with Gasteiger partial charge in [0.2, 0.25) is 0 Å². The van der Waals surface area contributed by atoms with E-state index >= 15 is 0 Å². The van der Waals surface area contributed by atoms with Gasteiger partial charge in [-0.2, -0.15) is 0 Å². The van der Waals surface area contributed by atoms with E-state index in [0.29, 0.717) is 11.8 Å². The molecular weight excluding hydrogens is 406 g/mol. The van der Waals surface area contributed by atoms with Gasteiger partial charge in [-0.25, -0.2) is 4.39 Å². The third-order valence-electron chi connectivity index (χ3n) is 3.16. The minimum Gasteiger partial charge on any atom is -0.207 e. The smallest absolute Gasteiger partial charge is 0.124 e. The van der Waals surface area contributed by atoms with Crippen LogP contribution in [-0.4, -0.2) is 5.88 Å². The number of halogens is 4. The normalized spacial score (nSPS) is 12.4. The van der Waals surface area contributed by atoms with Gasteiger partial charge in [-0.1, -0.05) is 50.1 Å². The fourth-order valence-corrected chi connectivity index (χ4v) is 3.35. The van der Waals surface area contributed by atoms with Gasteiger partial charge < -0.3 is 0 Å². The lowest BCUT2D eigenvalue weighted by Crippen LogP contribution is -2.10. The highest BCUT2D eigenvalue weighted by Crippen LogP contribution is 2.24. The summed E-state index contributed by atoms with van der Waals surface area (Å²) in [6.45, 7) is 0. The standard InChI is InChI=1S/C16H14Br2ClF/c17-14-3-1-2-11(8-14)6-12(10-19)7-13-4-5-15(20)9-16(13)18/h1-5,8-9,12H,6-7,10H2. The molecule has 0 N–H and O–H groups in total. The second-order valence-electron chi connectivity index (χ2n) is 4.79. The van der Waals surface area contributed by atoms with E-state index in [2.05, 4.69) is 44.0 Å². The van der Waals surface area contributed by atoms with Crippen LogP contribution in [0.2, 0.25) is 0 Å². The molecule has 0 spiro atoms. The summed E-state index contributed by atoms with van der Waals surface area (Å²) in [6.07, 6.45) is 1.74. The van der Waals surface area contributed by atoms with Crippen LogP contribution in [0.3, 0.4) is 0 Å². The van der Waals surface area contributed by atoms with Crippen LogP contribution in [0.1, 0.15) is 11.1 Å². The minimum absolute atomic E-state index is 0.227. The first-order chi connectivity index (χ1) is 9.58. The highest BCUT2D eigenvalue weighted by atomic mass is 79.9. The van der Waals surface area contributed by atoms with Crippen molar-refractivity contribution in [2.75, 3.05) is 5.88 Å². The maximum Gasteiger partial charge on any atom is 0.124 e. The Labute approximate surface area is 140 Å². The fourth-order valence-electron chi connectivity index (χ4n) is 2.18. The molecule has 0 aliphatic carbocycles. The molecule has 0 aliphatic heterocycles. The average molecular weight is 421 g/mol. The first-order valence-corrected chi connectivity index (χ1v) is 8.45. The molecule has 0 fully saturated rings. The third kappa shape index (κ3) is 4.57. The maximum atomic E-state index is 13.1. The summed E-state index contributed by atoms with van der Waals surface area (Å²) in [5.41, 5.74) is 2.34. The lowest BCUT2D eigenvalue weighted by atomic mass is 9.94. The predicted molar refractivity (Wildman–Crippen MR) is 89.9 cm³/mol. The van der Waals surface area contributed by atoms with Crippen molar-refractivity contribution < 1.29 is 4.39 Å². The molecule has 0 radical (unpaired) electrons. The van der Waals surface area contributed by atoms with Gasteiger partial charge in [0.25, 0.3) is 0 Å². The lowest BCUT2D eigenvalue weighted by molar-refractivity contribution is 0.579. The quantitative estimate of drug-likeness (QED) is 0.521. The molecule has 1 unspecified atom stereocenters. The first-order valence-electron chi connectivity index (χ1n) is 6.33. The molecule has 0 aliphatic rings. The Bertz CT molecular complexity index is 586. The molecule has 0 nitrogen and oxygen atoms in total.